The summed E-state index contributed by atoms with van der Waals surface area (Å²) < 4.78 is 1.58. The van der Waals surface area contributed by atoms with E-state index in [-0.39, 0.29) is 11.5 Å². The van der Waals surface area contributed by atoms with Gasteiger partial charge in [-0.05, 0) is 38.2 Å². The summed E-state index contributed by atoms with van der Waals surface area (Å²) in [5, 5.41) is 0.774. The number of likely N-dealkylation sites (N-methyl/N-ethyl adjacent to an activating group) is 1. The molecule has 0 aromatic carbocycles. The lowest BCUT2D eigenvalue weighted by molar-refractivity contribution is 0.0702. The van der Waals surface area contributed by atoms with Gasteiger partial charge in [0.25, 0.3) is 11.5 Å². The standard InChI is InChI=1S/C15H17N3O2S/c1-2-17-7-8-18-12(15(17)20)16-13-11(14(18)19)9-5-3-4-6-10(9)21-13/h2-8H2,1H3. The molecule has 3 heterocycles. The van der Waals surface area contributed by atoms with Gasteiger partial charge < -0.3 is 4.90 Å². The Labute approximate surface area is 126 Å². The van der Waals surface area contributed by atoms with Gasteiger partial charge in [-0.2, -0.15) is 0 Å². The summed E-state index contributed by atoms with van der Waals surface area (Å²) >= 11 is 1.60. The molecule has 0 fully saturated rings. The Balaban J connectivity index is 1.99. The van der Waals surface area contributed by atoms with E-state index in [0.29, 0.717) is 25.5 Å². The SMILES string of the molecule is CCN1CCn2c(nc3sc4c(c3c2=O)CCCC4)C1=O. The average molecular weight is 303 g/mol. The maximum absolute atomic E-state index is 12.8. The van der Waals surface area contributed by atoms with Crippen molar-refractivity contribution >= 4 is 27.5 Å². The van der Waals surface area contributed by atoms with Crippen LogP contribution in [0.4, 0.5) is 0 Å². The van der Waals surface area contributed by atoms with E-state index >= 15 is 0 Å². The lowest BCUT2D eigenvalue weighted by atomic mass is 9.97. The molecule has 1 aliphatic carbocycles. The molecule has 0 unspecified atom stereocenters. The van der Waals surface area contributed by atoms with Gasteiger partial charge in [-0.3, -0.25) is 14.2 Å². The van der Waals surface area contributed by atoms with E-state index in [2.05, 4.69) is 4.98 Å². The molecule has 1 amide bonds. The molecule has 0 bridgehead atoms. The second-order valence-electron chi connectivity index (χ2n) is 5.67. The molecule has 2 aliphatic rings. The van der Waals surface area contributed by atoms with Crippen LogP contribution in [0.1, 0.15) is 40.8 Å². The minimum atomic E-state index is -0.117. The van der Waals surface area contributed by atoms with Crippen molar-refractivity contribution in [3.8, 4) is 0 Å². The van der Waals surface area contributed by atoms with E-state index in [1.807, 2.05) is 6.92 Å². The predicted octanol–water partition coefficient (Wildman–Crippen LogP) is 1.81. The predicted molar refractivity (Wildman–Crippen MR) is 82.1 cm³/mol. The van der Waals surface area contributed by atoms with E-state index < -0.39 is 0 Å². The Bertz CT molecular complexity index is 805. The number of carbonyl (C=O) groups is 1. The van der Waals surface area contributed by atoms with Crippen molar-refractivity contribution in [3.05, 3.63) is 26.6 Å². The third kappa shape index (κ3) is 1.78. The molecule has 2 aromatic rings. The van der Waals surface area contributed by atoms with Crippen LogP contribution in [-0.4, -0.2) is 33.4 Å². The number of hydrogen-bond donors (Lipinski definition) is 0. The van der Waals surface area contributed by atoms with Crippen LogP contribution in [0.25, 0.3) is 10.2 Å². The van der Waals surface area contributed by atoms with Crippen LogP contribution in [0, 0.1) is 0 Å². The zero-order valence-electron chi connectivity index (χ0n) is 12.0. The summed E-state index contributed by atoms with van der Waals surface area (Å²) in [7, 11) is 0. The molecule has 21 heavy (non-hydrogen) atoms. The highest BCUT2D eigenvalue weighted by Crippen LogP contribution is 2.34. The first-order chi connectivity index (χ1) is 10.2. The van der Waals surface area contributed by atoms with Crippen molar-refractivity contribution in [2.75, 3.05) is 13.1 Å². The van der Waals surface area contributed by atoms with Crippen molar-refractivity contribution < 1.29 is 4.79 Å². The summed E-state index contributed by atoms with van der Waals surface area (Å²) in [5.74, 6) is 0.202. The zero-order chi connectivity index (χ0) is 14.6. The third-order valence-electron chi connectivity index (χ3n) is 4.53. The minimum absolute atomic E-state index is 0.0153. The smallest absolute Gasteiger partial charge is 0.290 e. The largest absolute Gasteiger partial charge is 0.334 e. The molecule has 2 aromatic heterocycles. The van der Waals surface area contributed by atoms with Crippen molar-refractivity contribution in [1.82, 2.24) is 14.5 Å². The van der Waals surface area contributed by atoms with Gasteiger partial charge >= 0.3 is 0 Å². The van der Waals surface area contributed by atoms with Crippen LogP contribution in [0.5, 0.6) is 0 Å². The average Bonchev–Trinajstić information content (AvgIpc) is 2.87. The van der Waals surface area contributed by atoms with Crippen LogP contribution in [0.2, 0.25) is 0 Å². The molecule has 5 nitrogen and oxygen atoms in total. The van der Waals surface area contributed by atoms with Gasteiger partial charge in [-0.25, -0.2) is 4.98 Å². The van der Waals surface area contributed by atoms with Crippen LogP contribution >= 0.6 is 11.3 Å². The summed E-state index contributed by atoms with van der Waals surface area (Å²) in [4.78, 5) is 33.6. The monoisotopic (exact) mass is 303 g/mol. The number of amides is 1. The van der Waals surface area contributed by atoms with Crippen LogP contribution in [0.3, 0.4) is 0 Å². The number of aromatic nitrogens is 2. The Morgan fingerprint density at radius 2 is 2.00 bits per heavy atom. The van der Waals surface area contributed by atoms with Gasteiger partial charge in [0.05, 0.1) is 5.39 Å². The lowest BCUT2D eigenvalue weighted by Gasteiger charge is -2.27. The fourth-order valence-electron chi connectivity index (χ4n) is 3.37. The Morgan fingerprint density at radius 1 is 1.19 bits per heavy atom. The fourth-order valence-corrected chi connectivity index (χ4v) is 4.63. The Kier molecular flexibility index (Phi) is 2.89. The topological polar surface area (TPSA) is 55.2 Å². The fraction of sp³-hybridized carbons (Fsp3) is 0.533. The second kappa shape index (κ2) is 4.66. The summed E-state index contributed by atoms with van der Waals surface area (Å²) in [6.07, 6.45) is 4.34. The molecular formula is C15H17N3O2S. The molecule has 0 atom stereocenters. The van der Waals surface area contributed by atoms with Gasteiger partial charge in [0.1, 0.15) is 4.83 Å². The normalized spacial score (nSPS) is 18.0. The van der Waals surface area contributed by atoms with Gasteiger partial charge in [0.15, 0.2) is 0 Å². The molecule has 6 heteroatoms. The van der Waals surface area contributed by atoms with Crippen molar-refractivity contribution in [2.45, 2.75) is 39.2 Å². The van der Waals surface area contributed by atoms with E-state index in [0.717, 1.165) is 29.5 Å². The Morgan fingerprint density at radius 3 is 2.81 bits per heavy atom. The maximum atomic E-state index is 12.8. The maximum Gasteiger partial charge on any atom is 0.290 e. The summed E-state index contributed by atoms with van der Waals surface area (Å²) in [6, 6.07) is 0. The van der Waals surface area contributed by atoms with Gasteiger partial charge in [0.2, 0.25) is 5.82 Å². The molecule has 0 N–H and O–H groups in total. The number of rotatable bonds is 1. The number of carbonyl (C=O) groups excluding carboxylic acids is 1. The molecule has 0 saturated carbocycles. The van der Waals surface area contributed by atoms with E-state index in [9.17, 15) is 9.59 Å². The van der Waals surface area contributed by atoms with Crippen molar-refractivity contribution in [2.24, 2.45) is 0 Å². The van der Waals surface area contributed by atoms with E-state index in [1.165, 1.54) is 16.9 Å². The second-order valence-corrected chi connectivity index (χ2v) is 6.75. The molecule has 1 aliphatic heterocycles. The molecule has 4 rings (SSSR count). The molecule has 0 spiro atoms. The summed E-state index contributed by atoms with van der Waals surface area (Å²) in [6.45, 7) is 3.77. The quantitative estimate of drug-likeness (QED) is 0.807. The van der Waals surface area contributed by atoms with Crippen LogP contribution in [0.15, 0.2) is 4.79 Å². The number of aryl methyl sites for hydroxylation is 2. The first-order valence-electron chi connectivity index (χ1n) is 7.55. The molecular weight excluding hydrogens is 286 g/mol. The highest BCUT2D eigenvalue weighted by atomic mass is 32.1. The number of hydrogen-bond acceptors (Lipinski definition) is 4. The molecule has 0 saturated heterocycles. The number of thiophene rings is 1. The Hall–Kier alpha value is -1.69. The summed E-state index contributed by atoms with van der Waals surface area (Å²) in [5.41, 5.74) is 1.18. The highest BCUT2D eigenvalue weighted by Gasteiger charge is 2.29. The van der Waals surface area contributed by atoms with Crippen molar-refractivity contribution in [1.29, 1.82) is 0 Å². The van der Waals surface area contributed by atoms with Gasteiger partial charge in [-0.15, -0.1) is 11.3 Å². The molecule has 110 valence electrons. The van der Waals surface area contributed by atoms with Gasteiger partial charge in [0, 0.05) is 24.5 Å². The lowest BCUT2D eigenvalue weighted by Crippen LogP contribution is -2.45. The zero-order valence-corrected chi connectivity index (χ0v) is 12.8. The number of fused-ring (bicyclic) bond motifs is 4. The van der Waals surface area contributed by atoms with E-state index in [4.69, 9.17) is 0 Å². The first kappa shape index (κ1) is 13.0. The number of nitrogens with zero attached hydrogens (tertiary/aromatic N) is 3. The van der Waals surface area contributed by atoms with E-state index in [1.54, 1.807) is 20.8 Å². The minimum Gasteiger partial charge on any atom is -0.334 e. The van der Waals surface area contributed by atoms with Crippen LogP contribution in [-0.2, 0) is 19.4 Å². The van der Waals surface area contributed by atoms with Gasteiger partial charge in [-0.1, -0.05) is 0 Å². The first-order valence-corrected chi connectivity index (χ1v) is 8.36. The van der Waals surface area contributed by atoms with Crippen LogP contribution < -0.4 is 5.56 Å². The molecule has 0 radical (unpaired) electrons. The third-order valence-corrected chi connectivity index (χ3v) is 5.71. The highest BCUT2D eigenvalue weighted by molar-refractivity contribution is 7.18. The van der Waals surface area contributed by atoms with Crippen molar-refractivity contribution in [3.63, 3.8) is 0 Å².